The van der Waals surface area contributed by atoms with E-state index in [2.05, 4.69) is 15.9 Å². The third kappa shape index (κ3) is 4.01. The third-order valence-corrected chi connectivity index (χ3v) is 3.71. The molecule has 106 valence electrons. The van der Waals surface area contributed by atoms with E-state index in [4.69, 9.17) is 4.74 Å². The van der Waals surface area contributed by atoms with Crippen molar-refractivity contribution in [1.82, 2.24) is 4.90 Å². The average Bonchev–Trinajstić information content (AvgIpc) is 2.41. The molecular weight excluding hydrogens is 313 g/mol. The summed E-state index contributed by atoms with van der Waals surface area (Å²) in [5, 5.41) is 0. The minimum Gasteiger partial charge on any atom is -0.383 e. The van der Waals surface area contributed by atoms with E-state index in [1.54, 1.807) is 24.1 Å². The van der Waals surface area contributed by atoms with Gasteiger partial charge in [-0.15, -0.1) is 0 Å². The number of ether oxygens (including phenoxy) is 1. The minimum atomic E-state index is -0.516. The molecule has 1 rings (SSSR count). The molecule has 0 spiro atoms. The smallest absolute Gasteiger partial charge is 0.257 e. The van der Waals surface area contributed by atoms with Crippen molar-refractivity contribution in [3.05, 3.63) is 34.1 Å². The lowest BCUT2D eigenvalue weighted by atomic mass is 10.1. The molecule has 19 heavy (non-hydrogen) atoms. The molecular formula is C14H19BrFNO2. The van der Waals surface area contributed by atoms with Gasteiger partial charge in [-0.3, -0.25) is 4.79 Å². The van der Waals surface area contributed by atoms with Crippen LogP contribution < -0.4 is 0 Å². The van der Waals surface area contributed by atoms with Crippen LogP contribution in [0.15, 0.2) is 22.7 Å². The van der Waals surface area contributed by atoms with Crippen LogP contribution in [0.5, 0.6) is 0 Å². The van der Waals surface area contributed by atoms with E-state index in [9.17, 15) is 9.18 Å². The van der Waals surface area contributed by atoms with E-state index in [1.165, 1.54) is 6.07 Å². The molecule has 0 bridgehead atoms. The average molecular weight is 332 g/mol. The first-order valence-electron chi connectivity index (χ1n) is 6.26. The van der Waals surface area contributed by atoms with Gasteiger partial charge in [0.05, 0.1) is 16.6 Å². The fourth-order valence-corrected chi connectivity index (χ4v) is 2.12. The predicted molar refractivity (Wildman–Crippen MR) is 76.8 cm³/mol. The van der Waals surface area contributed by atoms with Crippen molar-refractivity contribution >= 4 is 21.8 Å². The number of halogens is 2. The Morgan fingerprint density at radius 2 is 2.21 bits per heavy atom. The summed E-state index contributed by atoms with van der Waals surface area (Å²) in [7, 11) is 1.58. The maximum atomic E-state index is 14.0. The number of benzene rings is 1. The lowest BCUT2D eigenvalue weighted by Crippen LogP contribution is -2.40. The molecule has 0 aliphatic carbocycles. The van der Waals surface area contributed by atoms with Gasteiger partial charge in [-0.25, -0.2) is 4.39 Å². The zero-order valence-corrected chi connectivity index (χ0v) is 13.0. The molecule has 0 aliphatic rings. The Balaban J connectivity index is 3.01. The molecule has 0 aromatic heterocycles. The highest BCUT2D eigenvalue weighted by atomic mass is 79.9. The van der Waals surface area contributed by atoms with Crippen LogP contribution in [0.1, 0.15) is 30.6 Å². The van der Waals surface area contributed by atoms with Gasteiger partial charge < -0.3 is 9.64 Å². The Bertz CT molecular complexity index is 439. The molecule has 1 amide bonds. The summed E-state index contributed by atoms with van der Waals surface area (Å²) in [4.78, 5) is 14.1. The summed E-state index contributed by atoms with van der Waals surface area (Å²) in [5.41, 5.74) is 0.0887. The SMILES string of the molecule is CCC(C)N(CCOC)C(=O)c1cccc(Br)c1F. The van der Waals surface area contributed by atoms with Gasteiger partial charge in [0.15, 0.2) is 0 Å². The summed E-state index contributed by atoms with van der Waals surface area (Å²) in [6.07, 6.45) is 0.811. The van der Waals surface area contributed by atoms with Gasteiger partial charge in [0.25, 0.3) is 5.91 Å². The Hall–Kier alpha value is -0.940. The van der Waals surface area contributed by atoms with Crippen LogP contribution in [-0.4, -0.2) is 37.1 Å². The van der Waals surface area contributed by atoms with Gasteiger partial charge in [0, 0.05) is 19.7 Å². The van der Waals surface area contributed by atoms with Crippen LogP contribution in [0.25, 0.3) is 0 Å². The number of nitrogens with zero attached hydrogens (tertiary/aromatic N) is 1. The number of hydrogen-bond acceptors (Lipinski definition) is 2. The number of carbonyl (C=O) groups excluding carboxylic acids is 1. The van der Waals surface area contributed by atoms with Crippen LogP contribution in [0, 0.1) is 5.82 Å². The van der Waals surface area contributed by atoms with Crippen molar-refractivity contribution in [3.8, 4) is 0 Å². The van der Waals surface area contributed by atoms with E-state index < -0.39 is 5.82 Å². The summed E-state index contributed by atoms with van der Waals surface area (Å²) >= 11 is 3.10. The number of methoxy groups -OCH3 is 1. The van der Waals surface area contributed by atoms with E-state index >= 15 is 0 Å². The topological polar surface area (TPSA) is 29.5 Å². The fraction of sp³-hybridized carbons (Fsp3) is 0.500. The fourth-order valence-electron chi connectivity index (χ4n) is 1.76. The first-order chi connectivity index (χ1) is 9.02. The first kappa shape index (κ1) is 16.1. The van der Waals surface area contributed by atoms with Gasteiger partial charge in [-0.05, 0) is 41.4 Å². The highest BCUT2D eigenvalue weighted by molar-refractivity contribution is 9.10. The predicted octanol–water partition coefficient (Wildman–Crippen LogP) is 3.48. The van der Waals surface area contributed by atoms with Gasteiger partial charge in [0.1, 0.15) is 5.82 Å². The molecule has 0 heterocycles. The number of hydrogen-bond donors (Lipinski definition) is 0. The maximum absolute atomic E-state index is 14.0. The maximum Gasteiger partial charge on any atom is 0.257 e. The quantitative estimate of drug-likeness (QED) is 0.798. The second kappa shape index (κ2) is 7.60. The number of amides is 1. The Morgan fingerprint density at radius 1 is 1.53 bits per heavy atom. The van der Waals surface area contributed by atoms with Crippen molar-refractivity contribution in [2.75, 3.05) is 20.3 Å². The lowest BCUT2D eigenvalue weighted by molar-refractivity contribution is 0.0609. The largest absolute Gasteiger partial charge is 0.383 e. The standard InChI is InChI=1S/C14H19BrFNO2/c1-4-10(2)17(8-9-19-3)14(18)11-6-5-7-12(15)13(11)16/h5-7,10H,4,8-9H2,1-3H3. The van der Waals surface area contributed by atoms with E-state index in [1.807, 2.05) is 13.8 Å². The molecule has 3 nitrogen and oxygen atoms in total. The summed E-state index contributed by atoms with van der Waals surface area (Å²) in [6, 6.07) is 4.78. The molecule has 0 saturated heterocycles. The number of carbonyl (C=O) groups is 1. The van der Waals surface area contributed by atoms with Crippen molar-refractivity contribution in [2.24, 2.45) is 0 Å². The van der Waals surface area contributed by atoms with Crippen molar-refractivity contribution in [1.29, 1.82) is 0 Å². The van der Waals surface area contributed by atoms with Crippen LogP contribution in [0.2, 0.25) is 0 Å². The van der Waals surface area contributed by atoms with E-state index in [0.29, 0.717) is 17.6 Å². The lowest BCUT2D eigenvalue weighted by Gasteiger charge is -2.28. The minimum absolute atomic E-state index is 0.0426. The van der Waals surface area contributed by atoms with Crippen LogP contribution in [-0.2, 0) is 4.74 Å². The molecule has 0 aliphatic heterocycles. The van der Waals surface area contributed by atoms with Crippen molar-refractivity contribution in [2.45, 2.75) is 26.3 Å². The second-order valence-electron chi connectivity index (χ2n) is 4.35. The summed E-state index contributed by atoms with van der Waals surface area (Å²) < 4.78 is 19.3. The molecule has 0 fully saturated rings. The normalized spacial score (nSPS) is 12.3. The van der Waals surface area contributed by atoms with E-state index in [0.717, 1.165) is 6.42 Å². The molecule has 1 unspecified atom stereocenters. The Labute approximate surface area is 121 Å². The Morgan fingerprint density at radius 3 is 2.79 bits per heavy atom. The van der Waals surface area contributed by atoms with Crippen LogP contribution >= 0.6 is 15.9 Å². The molecule has 5 heteroatoms. The van der Waals surface area contributed by atoms with Gasteiger partial charge in [0.2, 0.25) is 0 Å². The molecule has 1 aromatic rings. The molecule has 1 atom stereocenters. The van der Waals surface area contributed by atoms with Gasteiger partial charge in [-0.1, -0.05) is 13.0 Å². The van der Waals surface area contributed by atoms with Crippen molar-refractivity contribution in [3.63, 3.8) is 0 Å². The summed E-state index contributed by atoms with van der Waals surface area (Å²) in [6.45, 7) is 4.83. The van der Waals surface area contributed by atoms with E-state index in [-0.39, 0.29) is 17.5 Å². The molecule has 1 aromatic carbocycles. The van der Waals surface area contributed by atoms with Gasteiger partial charge in [-0.2, -0.15) is 0 Å². The van der Waals surface area contributed by atoms with Crippen LogP contribution in [0.4, 0.5) is 4.39 Å². The number of rotatable bonds is 6. The summed E-state index contributed by atoms with van der Waals surface area (Å²) in [5.74, 6) is -0.816. The zero-order valence-electron chi connectivity index (χ0n) is 11.5. The highest BCUT2D eigenvalue weighted by Crippen LogP contribution is 2.21. The zero-order chi connectivity index (χ0) is 14.4. The third-order valence-electron chi connectivity index (χ3n) is 3.10. The van der Waals surface area contributed by atoms with Gasteiger partial charge >= 0.3 is 0 Å². The highest BCUT2D eigenvalue weighted by Gasteiger charge is 2.23. The van der Waals surface area contributed by atoms with Crippen LogP contribution in [0.3, 0.4) is 0 Å². The van der Waals surface area contributed by atoms with Crippen molar-refractivity contribution < 1.29 is 13.9 Å². The molecule has 0 saturated carbocycles. The molecule has 0 radical (unpaired) electrons. The molecule has 0 N–H and O–H groups in total. The Kier molecular flexibility index (Phi) is 6.45. The monoisotopic (exact) mass is 331 g/mol. The second-order valence-corrected chi connectivity index (χ2v) is 5.20. The first-order valence-corrected chi connectivity index (χ1v) is 7.06.